The second kappa shape index (κ2) is 6.19. The van der Waals surface area contributed by atoms with Crippen LogP contribution in [0.25, 0.3) is 0 Å². The maximum atomic E-state index is 12.0. The molecule has 0 aliphatic heterocycles. The highest BCUT2D eigenvalue weighted by Gasteiger charge is 2.19. The van der Waals surface area contributed by atoms with Crippen LogP contribution >= 0.6 is 0 Å². The Hall–Kier alpha value is -1.84. The Balaban J connectivity index is 2.75. The van der Waals surface area contributed by atoms with Gasteiger partial charge in [-0.3, -0.25) is 9.59 Å². The molecule has 1 aromatic rings. The quantitative estimate of drug-likeness (QED) is 0.841. The molecule has 1 aromatic carbocycles. The van der Waals surface area contributed by atoms with Gasteiger partial charge in [0.2, 0.25) is 0 Å². The van der Waals surface area contributed by atoms with E-state index in [9.17, 15) is 9.59 Å². The van der Waals surface area contributed by atoms with E-state index in [0.717, 1.165) is 5.56 Å². The maximum absolute atomic E-state index is 12.0. The smallest absolute Gasteiger partial charge is 0.305 e. The summed E-state index contributed by atoms with van der Waals surface area (Å²) in [6.45, 7) is 5.70. The molecule has 0 saturated carbocycles. The molecule has 0 saturated heterocycles. The fraction of sp³-hybridized carbons (Fsp3) is 0.429. The van der Waals surface area contributed by atoms with Crippen LogP contribution in [0.4, 0.5) is 0 Å². The van der Waals surface area contributed by atoms with Gasteiger partial charge in [0.05, 0.1) is 6.42 Å². The molecule has 98 valence electrons. The van der Waals surface area contributed by atoms with Crippen LogP contribution in [0, 0.1) is 12.8 Å². The molecule has 0 aliphatic rings. The van der Waals surface area contributed by atoms with E-state index in [1.54, 1.807) is 12.1 Å². The van der Waals surface area contributed by atoms with Crippen molar-refractivity contribution in [2.45, 2.75) is 33.2 Å². The first-order valence-electron chi connectivity index (χ1n) is 5.99. The zero-order valence-electron chi connectivity index (χ0n) is 10.9. The fourth-order valence-corrected chi connectivity index (χ4v) is 1.68. The molecular formula is C14H19NO3. The molecular weight excluding hydrogens is 230 g/mol. The van der Waals surface area contributed by atoms with E-state index in [1.807, 2.05) is 32.9 Å². The summed E-state index contributed by atoms with van der Waals surface area (Å²) in [6, 6.07) is 6.88. The first-order valence-corrected chi connectivity index (χ1v) is 5.99. The lowest BCUT2D eigenvalue weighted by Crippen LogP contribution is -2.40. The van der Waals surface area contributed by atoms with Gasteiger partial charge >= 0.3 is 5.97 Å². The Morgan fingerprint density at radius 1 is 1.33 bits per heavy atom. The van der Waals surface area contributed by atoms with Crippen molar-refractivity contribution in [2.24, 2.45) is 5.92 Å². The number of hydrogen-bond acceptors (Lipinski definition) is 2. The summed E-state index contributed by atoms with van der Waals surface area (Å²) in [6.07, 6.45) is -0.0603. The fourth-order valence-electron chi connectivity index (χ4n) is 1.68. The highest BCUT2D eigenvalue weighted by Crippen LogP contribution is 2.09. The molecule has 0 spiro atoms. The lowest BCUT2D eigenvalue weighted by Gasteiger charge is -2.20. The topological polar surface area (TPSA) is 66.4 Å². The number of carbonyl (C=O) groups is 2. The number of amides is 1. The Kier molecular flexibility index (Phi) is 4.89. The molecule has 0 bridgehead atoms. The average molecular weight is 249 g/mol. The first-order chi connectivity index (χ1) is 8.40. The molecule has 1 atom stereocenters. The van der Waals surface area contributed by atoms with Gasteiger partial charge in [0.15, 0.2) is 0 Å². The van der Waals surface area contributed by atoms with E-state index in [2.05, 4.69) is 5.32 Å². The molecule has 0 fully saturated rings. The Morgan fingerprint density at radius 2 is 2.00 bits per heavy atom. The number of nitrogens with one attached hydrogen (secondary N) is 1. The number of hydrogen-bond donors (Lipinski definition) is 2. The van der Waals surface area contributed by atoms with Crippen molar-refractivity contribution in [1.82, 2.24) is 5.32 Å². The van der Waals surface area contributed by atoms with Crippen molar-refractivity contribution in [3.63, 3.8) is 0 Å². The van der Waals surface area contributed by atoms with Gasteiger partial charge < -0.3 is 10.4 Å². The third-order valence-corrected chi connectivity index (χ3v) is 2.80. The number of benzene rings is 1. The van der Waals surface area contributed by atoms with Gasteiger partial charge in [-0.15, -0.1) is 0 Å². The largest absolute Gasteiger partial charge is 0.481 e. The van der Waals surface area contributed by atoms with E-state index < -0.39 is 5.97 Å². The van der Waals surface area contributed by atoms with Crippen LogP contribution in [0.5, 0.6) is 0 Å². The highest BCUT2D eigenvalue weighted by atomic mass is 16.4. The molecule has 4 heteroatoms. The zero-order chi connectivity index (χ0) is 13.7. The van der Waals surface area contributed by atoms with E-state index in [4.69, 9.17) is 5.11 Å². The molecule has 1 amide bonds. The third kappa shape index (κ3) is 4.20. The van der Waals surface area contributed by atoms with Crippen LogP contribution in [0.3, 0.4) is 0 Å². The molecule has 1 rings (SSSR count). The lowest BCUT2D eigenvalue weighted by atomic mass is 10.0. The molecule has 0 heterocycles. The summed E-state index contributed by atoms with van der Waals surface area (Å²) in [5.74, 6) is -1.05. The van der Waals surface area contributed by atoms with Crippen molar-refractivity contribution >= 4 is 11.9 Å². The average Bonchev–Trinajstić information content (AvgIpc) is 2.27. The van der Waals surface area contributed by atoms with E-state index in [0.29, 0.717) is 5.56 Å². The first kappa shape index (κ1) is 14.2. The van der Waals surface area contributed by atoms with Crippen LogP contribution < -0.4 is 5.32 Å². The van der Waals surface area contributed by atoms with E-state index in [-0.39, 0.29) is 24.3 Å². The zero-order valence-corrected chi connectivity index (χ0v) is 10.9. The molecule has 1 unspecified atom stereocenters. The second-order valence-corrected chi connectivity index (χ2v) is 4.79. The summed E-state index contributed by atoms with van der Waals surface area (Å²) in [5.41, 5.74) is 1.56. The standard InChI is InChI=1S/C14H19NO3/c1-9(2)12(8-13(16)17)15-14(18)11-6-4-5-10(3)7-11/h4-7,9,12H,8H2,1-3H3,(H,15,18)(H,16,17). The van der Waals surface area contributed by atoms with Gasteiger partial charge in [-0.25, -0.2) is 0 Å². The second-order valence-electron chi connectivity index (χ2n) is 4.79. The van der Waals surface area contributed by atoms with Crippen LogP contribution in [0.2, 0.25) is 0 Å². The number of carboxylic acid groups (broad SMARTS) is 1. The van der Waals surface area contributed by atoms with Gasteiger partial charge in [0, 0.05) is 11.6 Å². The number of rotatable bonds is 5. The normalized spacial score (nSPS) is 12.2. The number of aliphatic carboxylic acids is 1. The molecule has 18 heavy (non-hydrogen) atoms. The van der Waals surface area contributed by atoms with Crippen LogP contribution in [-0.4, -0.2) is 23.0 Å². The summed E-state index contributed by atoms with van der Waals surface area (Å²) in [5, 5.41) is 11.6. The number of carbonyl (C=O) groups excluding carboxylic acids is 1. The molecule has 0 aliphatic carbocycles. The number of carboxylic acids is 1. The van der Waals surface area contributed by atoms with Gasteiger partial charge in [-0.05, 0) is 25.0 Å². The van der Waals surface area contributed by atoms with E-state index >= 15 is 0 Å². The summed E-state index contributed by atoms with van der Waals surface area (Å²) >= 11 is 0. The summed E-state index contributed by atoms with van der Waals surface area (Å²) in [7, 11) is 0. The monoisotopic (exact) mass is 249 g/mol. The summed E-state index contributed by atoms with van der Waals surface area (Å²) in [4.78, 5) is 22.7. The SMILES string of the molecule is Cc1cccc(C(=O)NC(CC(=O)O)C(C)C)c1. The van der Waals surface area contributed by atoms with Crippen molar-refractivity contribution < 1.29 is 14.7 Å². The van der Waals surface area contributed by atoms with Crippen molar-refractivity contribution in [3.8, 4) is 0 Å². The minimum atomic E-state index is -0.904. The van der Waals surface area contributed by atoms with Gasteiger partial charge in [0.25, 0.3) is 5.91 Å². The Labute approximate surface area is 107 Å². The van der Waals surface area contributed by atoms with E-state index in [1.165, 1.54) is 0 Å². The van der Waals surface area contributed by atoms with Crippen molar-refractivity contribution in [1.29, 1.82) is 0 Å². The predicted octanol–water partition coefficient (Wildman–Crippen LogP) is 2.22. The summed E-state index contributed by atoms with van der Waals surface area (Å²) < 4.78 is 0. The minimum Gasteiger partial charge on any atom is -0.481 e. The maximum Gasteiger partial charge on any atom is 0.305 e. The lowest BCUT2D eigenvalue weighted by molar-refractivity contribution is -0.137. The van der Waals surface area contributed by atoms with Crippen LogP contribution in [0.15, 0.2) is 24.3 Å². The predicted molar refractivity (Wildman–Crippen MR) is 69.5 cm³/mol. The van der Waals surface area contributed by atoms with Crippen molar-refractivity contribution in [3.05, 3.63) is 35.4 Å². The van der Waals surface area contributed by atoms with Gasteiger partial charge in [-0.1, -0.05) is 31.5 Å². The third-order valence-electron chi connectivity index (χ3n) is 2.80. The van der Waals surface area contributed by atoms with Crippen LogP contribution in [0.1, 0.15) is 36.2 Å². The van der Waals surface area contributed by atoms with Gasteiger partial charge in [-0.2, -0.15) is 0 Å². The number of aryl methyl sites for hydroxylation is 1. The van der Waals surface area contributed by atoms with Gasteiger partial charge in [0.1, 0.15) is 0 Å². The molecule has 0 aromatic heterocycles. The van der Waals surface area contributed by atoms with Crippen LogP contribution in [-0.2, 0) is 4.79 Å². The minimum absolute atomic E-state index is 0.0603. The molecule has 0 radical (unpaired) electrons. The molecule has 2 N–H and O–H groups in total. The Bertz CT molecular complexity index is 440. The van der Waals surface area contributed by atoms with Crippen molar-refractivity contribution in [2.75, 3.05) is 0 Å². The highest BCUT2D eigenvalue weighted by molar-refractivity contribution is 5.94. The molecule has 4 nitrogen and oxygen atoms in total. The Morgan fingerprint density at radius 3 is 2.50 bits per heavy atom.